The SMILES string of the molecule is C[C@H]1CNCCN1C(=O)CCC(=O)c1ccc(Cl)cc1.Cl. The van der Waals surface area contributed by atoms with Crippen molar-refractivity contribution in [3.8, 4) is 0 Å². The van der Waals surface area contributed by atoms with Crippen molar-refractivity contribution in [1.82, 2.24) is 10.2 Å². The first-order valence-corrected chi connectivity index (χ1v) is 7.24. The molecule has 0 saturated carbocycles. The number of nitrogens with one attached hydrogen (secondary N) is 1. The Morgan fingerprint density at radius 1 is 1.29 bits per heavy atom. The predicted octanol–water partition coefficient (Wildman–Crippen LogP) is 2.55. The number of rotatable bonds is 4. The minimum Gasteiger partial charge on any atom is -0.337 e. The van der Waals surface area contributed by atoms with Crippen LogP contribution in [0.3, 0.4) is 0 Å². The Morgan fingerprint density at radius 3 is 2.57 bits per heavy atom. The summed E-state index contributed by atoms with van der Waals surface area (Å²) in [5, 5.41) is 3.85. The van der Waals surface area contributed by atoms with Crippen molar-refractivity contribution in [2.75, 3.05) is 19.6 Å². The Labute approximate surface area is 136 Å². The van der Waals surface area contributed by atoms with Gasteiger partial charge in [-0.25, -0.2) is 0 Å². The third kappa shape index (κ3) is 4.99. The fourth-order valence-corrected chi connectivity index (χ4v) is 2.48. The maximum Gasteiger partial charge on any atom is 0.223 e. The lowest BCUT2D eigenvalue weighted by molar-refractivity contribution is -0.133. The van der Waals surface area contributed by atoms with E-state index in [0.29, 0.717) is 10.6 Å². The van der Waals surface area contributed by atoms with Crippen LogP contribution in [0.1, 0.15) is 30.1 Å². The first-order chi connectivity index (χ1) is 9.58. The van der Waals surface area contributed by atoms with Gasteiger partial charge in [0.05, 0.1) is 0 Å². The average molecular weight is 331 g/mol. The van der Waals surface area contributed by atoms with Crippen LogP contribution in [0.25, 0.3) is 0 Å². The number of piperazine rings is 1. The van der Waals surface area contributed by atoms with Crippen molar-refractivity contribution in [3.05, 3.63) is 34.9 Å². The lowest BCUT2D eigenvalue weighted by Crippen LogP contribution is -2.52. The standard InChI is InChI=1S/C15H19ClN2O2.ClH/c1-11-10-17-8-9-18(11)15(20)7-6-14(19)12-2-4-13(16)5-3-12;/h2-5,11,17H,6-10H2,1H3;1H/t11-;/m0./s1. The fourth-order valence-electron chi connectivity index (χ4n) is 2.36. The number of halogens is 2. The molecule has 0 aromatic heterocycles. The van der Waals surface area contributed by atoms with Gasteiger partial charge in [-0.1, -0.05) is 11.6 Å². The molecule has 1 heterocycles. The number of benzene rings is 1. The van der Waals surface area contributed by atoms with Crippen molar-refractivity contribution in [1.29, 1.82) is 0 Å². The van der Waals surface area contributed by atoms with Crippen LogP contribution < -0.4 is 5.32 Å². The van der Waals surface area contributed by atoms with Crippen LogP contribution >= 0.6 is 24.0 Å². The van der Waals surface area contributed by atoms with E-state index in [9.17, 15) is 9.59 Å². The Hall–Kier alpha value is -1.10. The van der Waals surface area contributed by atoms with Crippen molar-refractivity contribution in [2.45, 2.75) is 25.8 Å². The van der Waals surface area contributed by atoms with Gasteiger partial charge in [-0.3, -0.25) is 9.59 Å². The average Bonchev–Trinajstić information content (AvgIpc) is 2.45. The smallest absolute Gasteiger partial charge is 0.223 e. The second kappa shape index (κ2) is 8.37. The molecule has 1 saturated heterocycles. The Balaban J connectivity index is 0.00000220. The van der Waals surface area contributed by atoms with Gasteiger partial charge in [0, 0.05) is 49.1 Å². The van der Waals surface area contributed by atoms with E-state index in [-0.39, 0.29) is 43.0 Å². The highest BCUT2D eigenvalue weighted by atomic mass is 35.5. The fraction of sp³-hybridized carbons (Fsp3) is 0.467. The van der Waals surface area contributed by atoms with Gasteiger partial charge in [0.25, 0.3) is 0 Å². The molecular weight excluding hydrogens is 311 g/mol. The zero-order valence-corrected chi connectivity index (χ0v) is 13.5. The third-order valence-electron chi connectivity index (χ3n) is 3.55. The Morgan fingerprint density at radius 2 is 1.95 bits per heavy atom. The van der Waals surface area contributed by atoms with E-state index in [0.717, 1.165) is 19.6 Å². The molecular formula is C15H20Cl2N2O2. The molecule has 1 aromatic carbocycles. The minimum absolute atomic E-state index is 0. The first-order valence-electron chi connectivity index (χ1n) is 6.87. The maximum atomic E-state index is 12.1. The van der Waals surface area contributed by atoms with Gasteiger partial charge in [0.15, 0.2) is 5.78 Å². The van der Waals surface area contributed by atoms with Gasteiger partial charge in [-0.15, -0.1) is 12.4 Å². The van der Waals surface area contributed by atoms with E-state index in [2.05, 4.69) is 5.32 Å². The summed E-state index contributed by atoms with van der Waals surface area (Å²) in [4.78, 5) is 26.0. The Kier molecular flexibility index (Phi) is 7.15. The number of carbonyl (C=O) groups excluding carboxylic acids is 2. The molecule has 1 aliphatic rings. The third-order valence-corrected chi connectivity index (χ3v) is 3.81. The number of nitrogens with zero attached hydrogens (tertiary/aromatic N) is 1. The zero-order chi connectivity index (χ0) is 14.5. The van der Waals surface area contributed by atoms with E-state index in [4.69, 9.17) is 11.6 Å². The summed E-state index contributed by atoms with van der Waals surface area (Å²) >= 11 is 5.78. The summed E-state index contributed by atoms with van der Waals surface area (Å²) in [5.41, 5.74) is 0.607. The van der Waals surface area contributed by atoms with E-state index >= 15 is 0 Å². The van der Waals surface area contributed by atoms with Gasteiger partial charge < -0.3 is 10.2 Å². The number of hydrogen-bond acceptors (Lipinski definition) is 3. The largest absolute Gasteiger partial charge is 0.337 e. The molecule has 1 N–H and O–H groups in total. The molecule has 4 nitrogen and oxygen atoms in total. The molecule has 116 valence electrons. The van der Waals surface area contributed by atoms with Crippen LogP contribution in [0.15, 0.2) is 24.3 Å². The van der Waals surface area contributed by atoms with E-state index in [1.807, 2.05) is 11.8 Å². The second-order valence-electron chi connectivity index (χ2n) is 5.07. The van der Waals surface area contributed by atoms with Gasteiger partial charge in [0.2, 0.25) is 5.91 Å². The predicted molar refractivity (Wildman–Crippen MR) is 86.3 cm³/mol. The van der Waals surface area contributed by atoms with Gasteiger partial charge in [0.1, 0.15) is 0 Å². The molecule has 1 aliphatic heterocycles. The van der Waals surface area contributed by atoms with E-state index in [1.165, 1.54) is 0 Å². The molecule has 1 atom stereocenters. The second-order valence-corrected chi connectivity index (χ2v) is 5.51. The highest BCUT2D eigenvalue weighted by Gasteiger charge is 2.23. The number of hydrogen-bond donors (Lipinski definition) is 1. The van der Waals surface area contributed by atoms with Crippen LogP contribution in [-0.2, 0) is 4.79 Å². The number of amides is 1. The van der Waals surface area contributed by atoms with Gasteiger partial charge in [-0.05, 0) is 31.2 Å². The summed E-state index contributed by atoms with van der Waals surface area (Å²) in [6.45, 7) is 4.37. The summed E-state index contributed by atoms with van der Waals surface area (Å²) in [7, 11) is 0. The molecule has 0 radical (unpaired) electrons. The summed E-state index contributed by atoms with van der Waals surface area (Å²) < 4.78 is 0. The van der Waals surface area contributed by atoms with E-state index in [1.54, 1.807) is 24.3 Å². The molecule has 1 aromatic rings. The monoisotopic (exact) mass is 330 g/mol. The van der Waals surface area contributed by atoms with Crippen LogP contribution in [-0.4, -0.2) is 42.3 Å². The molecule has 21 heavy (non-hydrogen) atoms. The Bertz CT molecular complexity index is 491. The quantitative estimate of drug-likeness (QED) is 0.863. The topological polar surface area (TPSA) is 49.4 Å². The first kappa shape index (κ1) is 18.0. The van der Waals surface area contributed by atoms with Crippen LogP contribution in [0, 0.1) is 0 Å². The van der Waals surface area contributed by atoms with E-state index < -0.39 is 0 Å². The van der Waals surface area contributed by atoms with Gasteiger partial charge in [-0.2, -0.15) is 0 Å². The number of ketones is 1. The number of carbonyl (C=O) groups is 2. The number of Topliss-reactive ketones (excluding diaryl/α,β-unsaturated/α-hetero) is 1. The van der Waals surface area contributed by atoms with Crippen molar-refractivity contribution < 1.29 is 9.59 Å². The van der Waals surface area contributed by atoms with Crippen molar-refractivity contribution in [2.24, 2.45) is 0 Å². The van der Waals surface area contributed by atoms with Crippen LogP contribution in [0.4, 0.5) is 0 Å². The summed E-state index contributed by atoms with van der Waals surface area (Å²) in [5.74, 6) is 0.0408. The molecule has 0 bridgehead atoms. The molecule has 0 spiro atoms. The van der Waals surface area contributed by atoms with Crippen LogP contribution in [0.2, 0.25) is 5.02 Å². The maximum absolute atomic E-state index is 12.1. The minimum atomic E-state index is -0.0159. The highest BCUT2D eigenvalue weighted by molar-refractivity contribution is 6.30. The lowest BCUT2D eigenvalue weighted by atomic mass is 10.1. The van der Waals surface area contributed by atoms with Crippen molar-refractivity contribution >= 4 is 35.7 Å². The molecule has 0 unspecified atom stereocenters. The summed E-state index contributed by atoms with van der Waals surface area (Å²) in [6, 6.07) is 6.97. The molecule has 1 fully saturated rings. The molecule has 6 heteroatoms. The zero-order valence-electron chi connectivity index (χ0n) is 12.0. The molecule has 1 amide bonds. The lowest BCUT2D eigenvalue weighted by Gasteiger charge is -2.34. The molecule has 2 rings (SSSR count). The van der Waals surface area contributed by atoms with Crippen molar-refractivity contribution in [3.63, 3.8) is 0 Å². The van der Waals surface area contributed by atoms with Gasteiger partial charge >= 0.3 is 0 Å². The highest BCUT2D eigenvalue weighted by Crippen LogP contribution is 2.13. The molecule has 0 aliphatic carbocycles. The van der Waals surface area contributed by atoms with Crippen LogP contribution in [0.5, 0.6) is 0 Å². The summed E-state index contributed by atoms with van der Waals surface area (Å²) in [6.07, 6.45) is 0.517. The normalized spacial score (nSPS) is 18.0.